The van der Waals surface area contributed by atoms with E-state index in [1.54, 1.807) is 12.1 Å². The molecular formula is C20H21NO5S. The number of rotatable bonds is 3. The molecule has 0 radical (unpaired) electrons. The molecule has 0 saturated carbocycles. The van der Waals surface area contributed by atoms with Crippen LogP contribution in [0, 0.1) is 0 Å². The number of likely N-dealkylation sites (tertiary alicyclic amines) is 1. The molecule has 2 heterocycles. The molecule has 27 heavy (non-hydrogen) atoms. The van der Waals surface area contributed by atoms with Gasteiger partial charge in [-0.15, -0.1) is 0 Å². The number of hydrogen-bond donors (Lipinski definition) is 0. The fraction of sp³-hybridized carbons (Fsp3) is 0.350. The Bertz CT molecular complexity index is 968. The number of carbonyl (C=O) groups excluding carboxylic acids is 1. The minimum absolute atomic E-state index is 0.0251. The highest BCUT2D eigenvalue weighted by molar-refractivity contribution is 7.90. The maximum atomic E-state index is 13.0. The second kappa shape index (κ2) is 6.88. The predicted octanol–water partition coefficient (Wildman–Crippen LogP) is 2.84. The van der Waals surface area contributed by atoms with E-state index < -0.39 is 9.84 Å². The van der Waals surface area contributed by atoms with Crippen molar-refractivity contribution in [2.24, 2.45) is 0 Å². The van der Waals surface area contributed by atoms with Gasteiger partial charge in [-0.3, -0.25) is 4.79 Å². The Morgan fingerprint density at radius 1 is 1.04 bits per heavy atom. The summed E-state index contributed by atoms with van der Waals surface area (Å²) in [5, 5.41) is 0. The van der Waals surface area contributed by atoms with Crippen LogP contribution in [0.4, 0.5) is 0 Å². The molecule has 2 aromatic rings. The van der Waals surface area contributed by atoms with Crippen LogP contribution in [-0.4, -0.2) is 45.2 Å². The van der Waals surface area contributed by atoms with Crippen molar-refractivity contribution >= 4 is 15.7 Å². The first-order valence-corrected chi connectivity index (χ1v) is 10.8. The Kier molecular flexibility index (Phi) is 4.55. The molecule has 1 amide bonds. The van der Waals surface area contributed by atoms with Crippen LogP contribution in [0.5, 0.6) is 11.5 Å². The van der Waals surface area contributed by atoms with Gasteiger partial charge in [-0.1, -0.05) is 6.07 Å². The van der Waals surface area contributed by atoms with Crippen LogP contribution in [0.15, 0.2) is 47.4 Å². The Labute approximate surface area is 158 Å². The maximum absolute atomic E-state index is 13.0. The number of ether oxygens (including phenoxy) is 2. The highest BCUT2D eigenvalue weighted by atomic mass is 32.2. The molecule has 0 spiro atoms. The van der Waals surface area contributed by atoms with Gasteiger partial charge in [0.15, 0.2) is 21.3 Å². The van der Waals surface area contributed by atoms with Crippen LogP contribution in [0.1, 0.15) is 34.8 Å². The third-order valence-corrected chi connectivity index (χ3v) is 6.12. The van der Waals surface area contributed by atoms with Crippen LogP contribution in [0.2, 0.25) is 0 Å². The lowest BCUT2D eigenvalue weighted by molar-refractivity contribution is 0.0735. The zero-order valence-electron chi connectivity index (χ0n) is 15.1. The first-order chi connectivity index (χ1) is 12.9. The zero-order valence-corrected chi connectivity index (χ0v) is 15.9. The van der Waals surface area contributed by atoms with Crippen molar-refractivity contribution in [3.63, 3.8) is 0 Å². The van der Waals surface area contributed by atoms with Crippen molar-refractivity contribution in [3.8, 4) is 11.5 Å². The van der Waals surface area contributed by atoms with E-state index in [1.165, 1.54) is 12.1 Å². The molecule has 1 fully saturated rings. The summed E-state index contributed by atoms with van der Waals surface area (Å²) in [5.74, 6) is 1.36. The summed E-state index contributed by atoms with van der Waals surface area (Å²) >= 11 is 0. The van der Waals surface area contributed by atoms with Crippen molar-refractivity contribution in [2.75, 3.05) is 26.0 Å². The van der Waals surface area contributed by atoms with Gasteiger partial charge in [0.25, 0.3) is 5.91 Å². The van der Waals surface area contributed by atoms with E-state index in [9.17, 15) is 13.2 Å². The first-order valence-electron chi connectivity index (χ1n) is 8.94. The molecular weight excluding hydrogens is 366 g/mol. The molecule has 2 aromatic carbocycles. The van der Waals surface area contributed by atoms with Crippen LogP contribution in [0.25, 0.3) is 0 Å². The molecule has 1 saturated heterocycles. The minimum atomic E-state index is -3.28. The molecule has 2 aliphatic rings. The summed E-state index contributed by atoms with van der Waals surface area (Å²) in [6.45, 7) is 1.74. The molecule has 1 atom stereocenters. The topological polar surface area (TPSA) is 72.9 Å². The van der Waals surface area contributed by atoms with Crippen LogP contribution < -0.4 is 9.47 Å². The van der Waals surface area contributed by atoms with Crippen LogP contribution in [0.3, 0.4) is 0 Å². The van der Waals surface area contributed by atoms with Crippen LogP contribution in [-0.2, 0) is 9.84 Å². The van der Waals surface area contributed by atoms with E-state index in [-0.39, 0.29) is 16.8 Å². The van der Waals surface area contributed by atoms with E-state index in [0.717, 1.165) is 36.2 Å². The summed E-state index contributed by atoms with van der Waals surface area (Å²) in [4.78, 5) is 15.1. The quantitative estimate of drug-likeness (QED) is 0.810. The van der Waals surface area contributed by atoms with Gasteiger partial charge in [0.05, 0.1) is 10.9 Å². The monoisotopic (exact) mass is 387 g/mol. The lowest BCUT2D eigenvalue weighted by Crippen LogP contribution is -2.30. The fourth-order valence-corrected chi connectivity index (χ4v) is 4.26. The lowest BCUT2D eigenvalue weighted by Gasteiger charge is -2.27. The normalized spacial score (nSPS) is 19.1. The average Bonchev–Trinajstić information content (AvgIpc) is 3.16. The highest BCUT2D eigenvalue weighted by Crippen LogP contribution is 2.38. The third-order valence-electron chi connectivity index (χ3n) is 4.99. The molecule has 6 nitrogen and oxygen atoms in total. The van der Waals surface area contributed by atoms with Gasteiger partial charge in [-0.25, -0.2) is 8.42 Å². The standard InChI is InChI=1S/C20H21NO5S/c1-27(23,24)16-7-4-14(5-8-16)20(22)21-10-2-3-17(21)15-6-9-18-19(13-15)26-12-11-25-18/h4-9,13,17H,2-3,10-12H2,1H3/t17-/m1/s1. The van der Waals surface area contributed by atoms with Crippen LogP contribution >= 0.6 is 0 Å². The van der Waals surface area contributed by atoms with Gasteiger partial charge in [0.1, 0.15) is 13.2 Å². The van der Waals surface area contributed by atoms with E-state index in [1.807, 2.05) is 23.1 Å². The number of sulfone groups is 1. The second-order valence-corrected chi connectivity index (χ2v) is 8.87. The molecule has 4 rings (SSSR count). The first kappa shape index (κ1) is 17.9. The average molecular weight is 387 g/mol. The molecule has 0 aliphatic carbocycles. The van der Waals surface area contributed by atoms with Crippen molar-refractivity contribution in [3.05, 3.63) is 53.6 Å². The molecule has 142 valence electrons. The summed E-state index contributed by atoms with van der Waals surface area (Å²) in [5.41, 5.74) is 1.52. The Morgan fingerprint density at radius 2 is 1.74 bits per heavy atom. The van der Waals surface area contributed by atoms with Gasteiger partial charge in [0.2, 0.25) is 0 Å². The van der Waals surface area contributed by atoms with Gasteiger partial charge < -0.3 is 14.4 Å². The predicted molar refractivity (Wildman–Crippen MR) is 100.0 cm³/mol. The van der Waals surface area contributed by atoms with E-state index in [0.29, 0.717) is 25.3 Å². The SMILES string of the molecule is CS(=O)(=O)c1ccc(C(=O)N2CCC[C@@H]2c2ccc3c(c2)OCCO3)cc1. The molecule has 0 aromatic heterocycles. The molecule has 7 heteroatoms. The summed E-state index contributed by atoms with van der Waals surface area (Å²) < 4.78 is 34.4. The summed E-state index contributed by atoms with van der Waals surface area (Å²) in [6, 6.07) is 11.9. The lowest BCUT2D eigenvalue weighted by atomic mass is 10.0. The maximum Gasteiger partial charge on any atom is 0.254 e. The number of carbonyl (C=O) groups is 1. The van der Waals surface area contributed by atoms with Crippen molar-refractivity contribution in [2.45, 2.75) is 23.8 Å². The number of nitrogens with zero attached hydrogens (tertiary/aromatic N) is 1. The number of benzene rings is 2. The molecule has 0 bridgehead atoms. The largest absolute Gasteiger partial charge is 0.486 e. The summed E-state index contributed by atoms with van der Waals surface area (Å²) in [7, 11) is -3.28. The highest BCUT2D eigenvalue weighted by Gasteiger charge is 2.31. The van der Waals surface area contributed by atoms with Gasteiger partial charge >= 0.3 is 0 Å². The smallest absolute Gasteiger partial charge is 0.254 e. The number of amides is 1. The van der Waals surface area contributed by atoms with Crippen molar-refractivity contribution in [1.82, 2.24) is 4.90 Å². The number of hydrogen-bond acceptors (Lipinski definition) is 5. The Morgan fingerprint density at radius 3 is 2.44 bits per heavy atom. The van der Waals surface area contributed by atoms with E-state index in [2.05, 4.69) is 0 Å². The zero-order chi connectivity index (χ0) is 19.0. The summed E-state index contributed by atoms with van der Waals surface area (Å²) in [6.07, 6.45) is 2.96. The van der Waals surface area contributed by atoms with Gasteiger partial charge in [-0.05, 0) is 54.8 Å². The van der Waals surface area contributed by atoms with E-state index >= 15 is 0 Å². The van der Waals surface area contributed by atoms with Gasteiger partial charge in [0, 0.05) is 18.4 Å². The minimum Gasteiger partial charge on any atom is -0.486 e. The molecule has 0 N–H and O–H groups in total. The van der Waals surface area contributed by atoms with E-state index in [4.69, 9.17) is 9.47 Å². The molecule has 0 unspecified atom stereocenters. The Hall–Kier alpha value is -2.54. The van der Waals surface area contributed by atoms with Crippen molar-refractivity contribution in [1.29, 1.82) is 0 Å². The third kappa shape index (κ3) is 3.51. The fourth-order valence-electron chi connectivity index (χ4n) is 3.63. The number of fused-ring (bicyclic) bond motifs is 1. The Balaban J connectivity index is 1.58. The van der Waals surface area contributed by atoms with Gasteiger partial charge in [-0.2, -0.15) is 0 Å². The second-order valence-electron chi connectivity index (χ2n) is 6.86. The molecule has 2 aliphatic heterocycles. The van der Waals surface area contributed by atoms with Crippen molar-refractivity contribution < 1.29 is 22.7 Å².